The van der Waals surface area contributed by atoms with E-state index in [0.717, 1.165) is 53.1 Å². The maximum Gasteiger partial charge on any atom is 0.229 e. The molecule has 2 aromatic carbocycles. The number of nitrogens with one attached hydrogen (secondary N) is 3. The summed E-state index contributed by atoms with van der Waals surface area (Å²) in [6.07, 6.45) is 3.48. The molecule has 8 nitrogen and oxygen atoms in total. The van der Waals surface area contributed by atoms with Crippen LogP contribution < -0.4 is 16.0 Å². The first kappa shape index (κ1) is 19.3. The molecule has 0 spiro atoms. The van der Waals surface area contributed by atoms with Gasteiger partial charge in [-0.1, -0.05) is 30.3 Å². The molecule has 1 saturated heterocycles. The van der Waals surface area contributed by atoms with Gasteiger partial charge in [-0.3, -0.25) is 0 Å². The van der Waals surface area contributed by atoms with Crippen molar-refractivity contribution in [3.05, 3.63) is 72.1 Å². The summed E-state index contributed by atoms with van der Waals surface area (Å²) >= 11 is 0. The highest BCUT2D eigenvalue weighted by atomic mass is 16.5. The topological polar surface area (TPSA) is 96.9 Å². The van der Waals surface area contributed by atoms with Crippen LogP contribution in [-0.4, -0.2) is 39.9 Å². The van der Waals surface area contributed by atoms with Gasteiger partial charge in [0.1, 0.15) is 5.82 Å². The van der Waals surface area contributed by atoms with Gasteiger partial charge in [-0.15, -0.1) is 0 Å². The number of aromatic nitrogens is 4. The largest absolute Gasteiger partial charge is 0.371 e. The molecule has 0 amide bonds. The normalized spacial score (nSPS) is 16.2. The van der Waals surface area contributed by atoms with E-state index in [1.54, 1.807) is 12.4 Å². The number of hydrogen-bond donors (Lipinski definition) is 3. The zero-order valence-electron chi connectivity index (χ0n) is 17.2. The lowest BCUT2D eigenvalue weighted by Gasteiger charge is -2.24. The molecule has 1 aliphatic rings. The van der Waals surface area contributed by atoms with E-state index in [2.05, 4.69) is 48.2 Å². The SMILES string of the molecule is Cc1cccc2c(Nc3ccnc(Nc4cccc(C5CNCCO5)c4)n3)cnnc12. The number of anilines is 4. The highest BCUT2D eigenvalue weighted by Crippen LogP contribution is 2.26. The fourth-order valence-electron chi connectivity index (χ4n) is 3.67. The molecular weight excluding hydrogens is 390 g/mol. The third kappa shape index (κ3) is 4.30. The van der Waals surface area contributed by atoms with Gasteiger partial charge in [0.05, 0.1) is 30.1 Å². The minimum absolute atomic E-state index is 0.0559. The van der Waals surface area contributed by atoms with Crippen molar-refractivity contribution in [1.82, 2.24) is 25.5 Å². The molecule has 1 fully saturated rings. The van der Waals surface area contributed by atoms with Gasteiger partial charge >= 0.3 is 0 Å². The van der Waals surface area contributed by atoms with Crippen LogP contribution in [0.2, 0.25) is 0 Å². The predicted octanol–water partition coefficient (Wildman–Crippen LogP) is 3.88. The lowest BCUT2D eigenvalue weighted by atomic mass is 10.1. The summed E-state index contributed by atoms with van der Waals surface area (Å²) in [6.45, 7) is 4.45. The van der Waals surface area contributed by atoms with E-state index in [1.165, 1.54) is 0 Å². The highest BCUT2D eigenvalue weighted by molar-refractivity contribution is 5.93. The molecule has 0 saturated carbocycles. The second-order valence-electron chi connectivity index (χ2n) is 7.43. The second kappa shape index (κ2) is 8.63. The molecule has 1 aliphatic heterocycles. The first-order chi connectivity index (χ1) is 15.3. The van der Waals surface area contributed by atoms with Gasteiger partial charge in [-0.05, 0) is 36.2 Å². The van der Waals surface area contributed by atoms with Crippen molar-refractivity contribution < 1.29 is 4.74 Å². The number of ether oxygens (including phenoxy) is 1. The number of morpholine rings is 1. The summed E-state index contributed by atoms with van der Waals surface area (Å²) in [6, 6.07) is 16.0. The molecule has 0 aliphatic carbocycles. The Morgan fingerprint density at radius 3 is 2.94 bits per heavy atom. The van der Waals surface area contributed by atoms with Crippen molar-refractivity contribution in [2.24, 2.45) is 0 Å². The molecule has 0 bridgehead atoms. The fraction of sp³-hybridized carbons (Fsp3) is 0.217. The summed E-state index contributed by atoms with van der Waals surface area (Å²) in [5.41, 5.74) is 4.83. The van der Waals surface area contributed by atoms with E-state index in [1.807, 2.05) is 43.3 Å². The quantitative estimate of drug-likeness (QED) is 0.454. The van der Waals surface area contributed by atoms with Crippen LogP contribution in [-0.2, 0) is 4.74 Å². The van der Waals surface area contributed by atoms with Crippen LogP contribution in [0.1, 0.15) is 17.2 Å². The minimum Gasteiger partial charge on any atom is -0.371 e. The van der Waals surface area contributed by atoms with Crippen LogP contribution in [0.3, 0.4) is 0 Å². The van der Waals surface area contributed by atoms with Gasteiger partial charge in [0.2, 0.25) is 5.95 Å². The Morgan fingerprint density at radius 1 is 1.10 bits per heavy atom. The lowest BCUT2D eigenvalue weighted by Crippen LogP contribution is -2.33. The van der Waals surface area contributed by atoms with E-state index < -0.39 is 0 Å². The standard InChI is InChI=1S/C23H23N7O/c1-15-4-2-7-18-19(13-26-30-22(15)18)28-21-8-9-25-23(29-21)27-17-6-3-5-16(12-17)20-14-24-10-11-31-20/h2-9,12-13,20,24H,10-11,14H2,1H3,(H2,25,27,28,29,30). The van der Waals surface area contributed by atoms with Crippen molar-refractivity contribution in [2.45, 2.75) is 13.0 Å². The minimum atomic E-state index is 0.0559. The zero-order valence-corrected chi connectivity index (χ0v) is 17.2. The molecule has 31 heavy (non-hydrogen) atoms. The summed E-state index contributed by atoms with van der Waals surface area (Å²) in [4.78, 5) is 8.97. The summed E-state index contributed by atoms with van der Waals surface area (Å²) in [7, 11) is 0. The van der Waals surface area contributed by atoms with Gasteiger partial charge in [-0.2, -0.15) is 15.2 Å². The Hall–Kier alpha value is -3.62. The van der Waals surface area contributed by atoms with Gasteiger partial charge in [0, 0.05) is 30.4 Å². The second-order valence-corrected chi connectivity index (χ2v) is 7.43. The van der Waals surface area contributed by atoms with E-state index in [9.17, 15) is 0 Å². The molecule has 1 unspecified atom stereocenters. The summed E-state index contributed by atoms with van der Waals surface area (Å²) < 4.78 is 5.86. The molecule has 0 radical (unpaired) electrons. The van der Waals surface area contributed by atoms with Crippen molar-refractivity contribution >= 4 is 34.0 Å². The lowest BCUT2D eigenvalue weighted by molar-refractivity contribution is 0.0277. The monoisotopic (exact) mass is 413 g/mol. The Bertz CT molecular complexity index is 1210. The van der Waals surface area contributed by atoms with Gasteiger partial charge in [0.15, 0.2) is 0 Å². The maximum atomic E-state index is 5.86. The molecular formula is C23H23N7O. The number of hydrogen-bond acceptors (Lipinski definition) is 8. The van der Waals surface area contributed by atoms with Gasteiger partial charge in [0.25, 0.3) is 0 Å². The van der Waals surface area contributed by atoms with Crippen LogP contribution in [0.4, 0.5) is 23.1 Å². The number of nitrogens with zero attached hydrogens (tertiary/aromatic N) is 4. The van der Waals surface area contributed by atoms with Gasteiger partial charge < -0.3 is 20.7 Å². The van der Waals surface area contributed by atoms with Crippen LogP contribution >= 0.6 is 0 Å². The van der Waals surface area contributed by atoms with Crippen LogP contribution in [0.25, 0.3) is 10.9 Å². The van der Waals surface area contributed by atoms with Crippen molar-refractivity contribution in [1.29, 1.82) is 0 Å². The fourth-order valence-corrected chi connectivity index (χ4v) is 3.67. The average molecular weight is 413 g/mol. The first-order valence-corrected chi connectivity index (χ1v) is 10.3. The first-order valence-electron chi connectivity index (χ1n) is 10.3. The van der Waals surface area contributed by atoms with Crippen LogP contribution in [0, 0.1) is 6.92 Å². The number of aryl methyl sites for hydroxylation is 1. The van der Waals surface area contributed by atoms with Crippen LogP contribution in [0.15, 0.2) is 60.9 Å². The molecule has 5 rings (SSSR count). The molecule has 3 N–H and O–H groups in total. The Morgan fingerprint density at radius 2 is 2.03 bits per heavy atom. The average Bonchev–Trinajstić information content (AvgIpc) is 2.81. The van der Waals surface area contributed by atoms with E-state index in [-0.39, 0.29) is 6.10 Å². The molecule has 4 aromatic rings. The predicted molar refractivity (Wildman–Crippen MR) is 121 cm³/mol. The van der Waals surface area contributed by atoms with Crippen molar-refractivity contribution in [2.75, 3.05) is 30.3 Å². The maximum absolute atomic E-state index is 5.86. The molecule has 8 heteroatoms. The smallest absolute Gasteiger partial charge is 0.229 e. The van der Waals surface area contributed by atoms with Crippen molar-refractivity contribution in [3.63, 3.8) is 0 Å². The van der Waals surface area contributed by atoms with Crippen LogP contribution in [0.5, 0.6) is 0 Å². The highest BCUT2D eigenvalue weighted by Gasteiger charge is 2.16. The Labute approximate surface area is 180 Å². The molecule has 156 valence electrons. The molecule has 2 aromatic heterocycles. The Kier molecular flexibility index (Phi) is 5.39. The Balaban J connectivity index is 1.36. The number of fused-ring (bicyclic) bond motifs is 1. The zero-order chi connectivity index (χ0) is 21.0. The third-order valence-corrected chi connectivity index (χ3v) is 5.23. The summed E-state index contributed by atoms with van der Waals surface area (Å²) in [5, 5.41) is 19.4. The molecule has 3 heterocycles. The summed E-state index contributed by atoms with van der Waals surface area (Å²) in [5.74, 6) is 1.18. The van der Waals surface area contributed by atoms with E-state index >= 15 is 0 Å². The number of benzene rings is 2. The van der Waals surface area contributed by atoms with Crippen molar-refractivity contribution in [3.8, 4) is 0 Å². The van der Waals surface area contributed by atoms with E-state index in [4.69, 9.17) is 4.74 Å². The van der Waals surface area contributed by atoms with E-state index in [0.29, 0.717) is 11.8 Å². The molecule has 1 atom stereocenters. The third-order valence-electron chi connectivity index (χ3n) is 5.23. The van der Waals surface area contributed by atoms with Gasteiger partial charge in [-0.25, -0.2) is 4.98 Å². The number of rotatable bonds is 5.